The molecule has 0 saturated heterocycles. The van der Waals surface area contributed by atoms with Gasteiger partial charge in [0.2, 0.25) is 0 Å². The topological polar surface area (TPSA) is 0 Å². The molecule has 4 aromatic rings. The van der Waals surface area contributed by atoms with Crippen molar-refractivity contribution in [3.63, 3.8) is 0 Å². The molecule has 0 radical (unpaired) electrons. The molecule has 0 unspecified atom stereocenters. The molecule has 23 heavy (non-hydrogen) atoms. The fraction of sp³-hybridized carbons (Fsp3) is 0.0435. The van der Waals surface area contributed by atoms with Crippen molar-refractivity contribution in [1.82, 2.24) is 0 Å². The van der Waals surface area contributed by atoms with Crippen LogP contribution in [-0.2, 0) is 0 Å². The van der Waals surface area contributed by atoms with Crippen LogP contribution in [0, 0.1) is 6.92 Å². The average molecular weight is 294 g/mol. The molecule has 110 valence electrons. The highest BCUT2D eigenvalue weighted by Crippen LogP contribution is 2.31. The highest BCUT2D eigenvalue weighted by molar-refractivity contribution is 5.97. The quantitative estimate of drug-likeness (QED) is 0.397. The molecule has 0 aliphatic rings. The fourth-order valence-corrected chi connectivity index (χ4v) is 3.17. The zero-order valence-electron chi connectivity index (χ0n) is 13.2. The third-order valence-electron chi connectivity index (χ3n) is 4.31. The van der Waals surface area contributed by atoms with Crippen LogP contribution in [0.15, 0.2) is 91.0 Å². The predicted octanol–water partition coefficient (Wildman–Crippen LogP) is 6.48. The van der Waals surface area contributed by atoms with E-state index in [1.165, 1.54) is 38.6 Å². The van der Waals surface area contributed by atoms with Crippen molar-refractivity contribution in [2.45, 2.75) is 6.92 Å². The van der Waals surface area contributed by atoms with E-state index in [1.54, 1.807) is 0 Å². The second-order valence-corrected chi connectivity index (χ2v) is 5.98. The van der Waals surface area contributed by atoms with Crippen molar-refractivity contribution >= 4 is 10.8 Å². The number of benzene rings is 4. The Bertz CT molecular complexity index is 974. The molecule has 0 spiro atoms. The maximum Gasteiger partial charge on any atom is -0.0105 e. The second-order valence-electron chi connectivity index (χ2n) is 5.98. The summed E-state index contributed by atoms with van der Waals surface area (Å²) in [6.07, 6.45) is 0. The summed E-state index contributed by atoms with van der Waals surface area (Å²) in [4.78, 5) is 0. The Morgan fingerprint density at radius 1 is 0.522 bits per heavy atom. The molecule has 0 aliphatic heterocycles. The highest BCUT2D eigenvalue weighted by atomic mass is 14.1. The van der Waals surface area contributed by atoms with Crippen molar-refractivity contribution < 1.29 is 0 Å². The van der Waals surface area contributed by atoms with Gasteiger partial charge in [-0.25, -0.2) is 0 Å². The Labute approximate surface area is 137 Å². The lowest BCUT2D eigenvalue weighted by atomic mass is 9.95. The van der Waals surface area contributed by atoms with E-state index >= 15 is 0 Å². The van der Waals surface area contributed by atoms with Gasteiger partial charge in [-0.15, -0.1) is 0 Å². The van der Waals surface area contributed by atoms with E-state index < -0.39 is 0 Å². The smallest absolute Gasteiger partial charge is 0.0105 e. The second kappa shape index (κ2) is 5.73. The average Bonchev–Trinajstić information content (AvgIpc) is 2.61. The number of hydrogen-bond acceptors (Lipinski definition) is 0. The van der Waals surface area contributed by atoms with Crippen LogP contribution in [0.2, 0.25) is 0 Å². The van der Waals surface area contributed by atoms with Gasteiger partial charge in [0.1, 0.15) is 0 Å². The molecule has 0 saturated carbocycles. The number of rotatable bonds is 2. The van der Waals surface area contributed by atoms with E-state index in [4.69, 9.17) is 0 Å². The van der Waals surface area contributed by atoms with Gasteiger partial charge in [-0.2, -0.15) is 0 Å². The summed E-state index contributed by atoms with van der Waals surface area (Å²) in [6.45, 7) is 2.14. The normalized spacial score (nSPS) is 10.8. The first kappa shape index (κ1) is 13.8. The first-order chi connectivity index (χ1) is 11.3. The largest absolute Gasteiger partial charge is 0.0616 e. The van der Waals surface area contributed by atoms with Gasteiger partial charge in [0.15, 0.2) is 0 Å². The fourth-order valence-electron chi connectivity index (χ4n) is 3.17. The van der Waals surface area contributed by atoms with Crippen LogP contribution in [0.5, 0.6) is 0 Å². The summed E-state index contributed by atoms with van der Waals surface area (Å²) < 4.78 is 0. The molecule has 4 rings (SSSR count). The van der Waals surface area contributed by atoms with E-state index in [-0.39, 0.29) is 0 Å². The molecular weight excluding hydrogens is 276 g/mol. The van der Waals surface area contributed by atoms with Gasteiger partial charge in [-0.1, -0.05) is 90.5 Å². The van der Waals surface area contributed by atoms with Crippen LogP contribution in [0.4, 0.5) is 0 Å². The molecule has 0 fully saturated rings. The lowest BCUT2D eigenvalue weighted by Crippen LogP contribution is -1.84. The van der Waals surface area contributed by atoms with E-state index in [9.17, 15) is 0 Å². The van der Waals surface area contributed by atoms with Gasteiger partial charge >= 0.3 is 0 Å². The van der Waals surface area contributed by atoms with Crippen LogP contribution in [0.25, 0.3) is 33.0 Å². The van der Waals surface area contributed by atoms with Crippen molar-refractivity contribution in [3.8, 4) is 22.3 Å². The van der Waals surface area contributed by atoms with Crippen LogP contribution < -0.4 is 0 Å². The molecule has 0 aromatic heterocycles. The molecule has 0 N–H and O–H groups in total. The van der Waals surface area contributed by atoms with Gasteiger partial charge in [-0.05, 0) is 46.0 Å². The highest BCUT2D eigenvalue weighted by Gasteiger charge is 2.05. The third kappa shape index (κ3) is 2.64. The van der Waals surface area contributed by atoms with Gasteiger partial charge in [0, 0.05) is 0 Å². The van der Waals surface area contributed by atoms with E-state index in [2.05, 4.69) is 97.9 Å². The Kier molecular flexibility index (Phi) is 3.44. The molecule has 0 heteroatoms. The van der Waals surface area contributed by atoms with Crippen molar-refractivity contribution in [3.05, 3.63) is 96.6 Å². The summed E-state index contributed by atoms with van der Waals surface area (Å²) in [5, 5.41) is 2.59. The van der Waals surface area contributed by atoms with Gasteiger partial charge in [-0.3, -0.25) is 0 Å². The van der Waals surface area contributed by atoms with Crippen LogP contribution >= 0.6 is 0 Å². The maximum atomic E-state index is 2.29. The third-order valence-corrected chi connectivity index (χ3v) is 4.31. The Hall–Kier alpha value is -2.86. The number of hydrogen-bond donors (Lipinski definition) is 0. The van der Waals surface area contributed by atoms with Gasteiger partial charge < -0.3 is 0 Å². The molecule has 4 aromatic carbocycles. The summed E-state index contributed by atoms with van der Waals surface area (Å²) in [5.74, 6) is 0. The first-order valence-electron chi connectivity index (χ1n) is 7.96. The molecule has 0 bridgehead atoms. The number of aryl methyl sites for hydroxylation is 1. The Balaban J connectivity index is 1.88. The SMILES string of the molecule is Cc1cccc(-c2cccc(-c3cccc4ccccc34)c2)c1. The minimum Gasteiger partial charge on any atom is -0.0616 e. The van der Waals surface area contributed by atoms with E-state index in [0.29, 0.717) is 0 Å². The monoisotopic (exact) mass is 294 g/mol. The van der Waals surface area contributed by atoms with Gasteiger partial charge in [0.25, 0.3) is 0 Å². The Morgan fingerprint density at radius 2 is 1.17 bits per heavy atom. The minimum absolute atomic E-state index is 1.26. The van der Waals surface area contributed by atoms with Crippen molar-refractivity contribution in [1.29, 1.82) is 0 Å². The Morgan fingerprint density at radius 3 is 2.04 bits per heavy atom. The van der Waals surface area contributed by atoms with Crippen LogP contribution in [0.1, 0.15) is 5.56 Å². The predicted molar refractivity (Wildman–Crippen MR) is 99.6 cm³/mol. The van der Waals surface area contributed by atoms with Crippen LogP contribution in [-0.4, -0.2) is 0 Å². The van der Waals surface area contributed by atoms with E-state index in [0.717, 1.165) is 0 Å². The van der Waals surface area contributed by atoms with Crippen LogP contribution in [0.3, 0.4) is 0 Å². The lowest BCUT2D eigenvalue weighted by Gasteiger charge is -2.09. The lowest BCUT2D eigenvalue weighted by molar-refractivity contribution is 1.47. The summed E-state index contributed by atoms with van der Waals surface area (Å²) in [5.41, 5.74) is 6.38. The summed E-state index contributed by atoms with van der Waals surface area (Å²) in [6, 6.07) is 32.6. The zero-order chi connectivity index (χ0) is 15.6. The van der Waals surface area contributed by atoms with Crippen molar-refractivity contribution in [2.75, 3.05) is 0 Å². The zero-order valence-corrected chi connectivity index (χ0v) is 13.2. The van der Waals surface area contributed by atoms with Gasteiger partial charge in [0.05, 0.1) is 0 Å². The molecule has 0 nitrogen and oxygen atoms in total. The molecule has 0 aliphatic carbocycles. The van der Waals surface area contributed by atoms with Crippen molar-refractivity contribution in [2.24, 2.45) is 0 Å². The summed E-state index contributed by atoms with van der Waals surface area (Å²) >= 11 is 0. The maximum absolute atomic E-state index is 2.29. The molecule has 0 heterocycles. The minimum atomic E-state index is 1.26. The van der Waals surface area contributed by atoms with E-state index in [1.807, 2.05) is 0 Å². The molecule has 0 amide bonds. The summed E-state index contributed by atoms with van der Waals surface area (Å²) in [7, 11) is 0. The standard InChI is InChI=1S/C23H18/c1-17-7-4-10-19(15-17)20-11-5-12-21(16-20)23-14-6-9-18-8-2-3-13-22(18)23/h2-16H,1H3. The molecular formula is C23H18. The molecule has 0 atom stereocenters. The number of fused-ring (bicyclic) bond motifs is 1. The first-order valence-corrected chi connectivity index (χ1v) is 7.96.